The van der Waals surface area contributed by atoms with Crippen molar-refractivity contribution < 1.29 is 9.59 Å². The van der Waals surface area contributed by atoms with E-state index in [0.29, 0.717) is 32.5 Å². The van der Waals surface area contributed by atoms with Gasteiger partial charge < -0.3 is 9.80 Å². The van der Waals surface area contributed by atoms with Crippen LogP contribution in [0, 0.1) is 0 Å². The fraction of sp³-hybridized carbons (Fsp3) is 0.619. The highest BCUT2D eigenvalue weighted by molar-refractivity contribution is 5.76. The summed E-state index contributed by atoms with van der Waals surface area (Å²) in [6, 6.07) is 0. The van der Waals surface area contributed by atoms with Gasteiger partial charge in [0.15, 0.2) is 0 Å². The normalized spacial score (nSPS) is 10.1. The van der Waals surface area contributed by atoms with Crippen molar-refractivity contribution in [3.8, 4) is 0 Å². The van der Waals surface area contributed by atoms with Gasteiger partial charge in [0, 0.05) is 39.0 Å². The molecule has 0 aromatic carbocycles. The van der Waals surface area contributed by atoms with Crippen LogP contribution in [0.4, 0.5) is 0 Å². The molecule has 4 heteroatoms. The Morgan fingerprint density at radius 3 is 1.44 bits per heavy atom. The lowest BCUT2D eigenvalue weighted by Gasteiger charge is -2.19. The molecule has 0 saturated heterocycles. The van der Waals surface area contributed by atoms with Gasteiger partial charge in [0.25, 0.3) is 0 Å². The van der Waals surface area contributed by atoms with Crippen molar-refractivity contribution in [2.45, 2.75) is 58.3 Å². The molecule has 0 bridgehead atoms. The number of carbonyl (C=O) groups excluding carboxylic acids is 2. The largest absolute Gasteiger partial charge is 0.339 e. The van der Waals surface area contributed by atoms with Gasteiger partial charge in [-0.15, -0.1) is 19.7 Å². The topological polar surface area (TPSA) is 40.6 Å². The maximum Gasteiger partial charge on any atom is 0.223 e. The molecular weight excluding hydrogens is 312 g/mol. The minimum Gasteiger partial charge on any atom is -0.339 e. The van der Waals surface area contributed by atoms with Crippen LogP contribution in [0.5, 0.6) is 0 Å². The molecule has 0 atom stereocenters. The Morgan fingerprint density at radius 2 is 1.04 bits per heavy atom. The van der Waals surface area contributed by atoms with Gasteiger partial charge in [-0.1, -0.05) is 43.9 Å². The van der Waals surface area contributed by atoms with Crippen molar-refractivity contribution in [2.24, 2.45) is 0 Å². The number of carbonyl (C=O) groups is 2. The summed E-state index contributed by atoms with van der Waals surface area (Å²) in [5.41, 5.74) is 0. The minimum atomic E-state index is 0.173. The summed E-state index contributed by atoms with van der Waals surface area (Å²) in [5.74, 6) is 0.393. The number of rotatable bonds is 16. The van der Waals surface area contributed by atoms with Crippen molar-refractivity contribution in [1.82, 2.24) is 9.80 Å². The van der Waals surface area contributed by atoms with Gasteiger partial charge in [-0.25, -0.2) is 0 Å². The lowest BCUT2D eigenvalue weighted by atomic mass is 10.1. The molecule has 0 aromatic heterocycles. The molecule has 0 radical (unpaired) electrons. The summed E-state index contributed by atoms with van der Waals surface area (Å²) in [4.78, 5) is 27.6. The number of amides is 2. The molecular formula is C21H36N2O2. The summed E-state index contributed by atoms with van der Waals surface area (Å²) in [7, 11) is 0. The van der Waals surface area contributed by atoms with E-state index in [4.69, 9.17) is 0 Å². The van der Waals surface area contributed by atoms with E-state index in [1.54, 1.807) is 23.1 Å². The molecule has 0 aliphatic heterocycles. The van der Waals surface area contributed by atoms with Gasteiger partial charge in [-0.2, -0.15) is 0 Å². The second-order valence-corrected chi connectivity index (χ2v) is 6.22. The minimum absolute atomic E-state index is 0.173. The van der Waals surface area contributed by atoms with E-state index < -0.39 is 0 Å². The second kappa shape index (κ2) is 15.7. The fourth-order valence-corrected chi connectivity index (χ4v) is 2.73. The summed E-state index contributed by atoms with van der Waals surface area (Å²) in [5, 5.41) is 0. The molecule has 25 heavy (non-hydrogen) atoms. The van der Waals surface area contributed by atoms with E-state index >= 15 is 0 Å². The molecule has 2 amide bonds. The molecule has 0 fully saturated rings. The molecule has 0 rings (SSSR count). The third-order valence-electron chi connectivity index (χ3n) is 4.17. The van der Waals surface area contributed by atoms with Crippen LogP contribution in [0.3, 0.4) is 0 Å². The van der Waals surface area contributed by atoms with Crippen LogP contribution in [0.15, 0.2) is 38.0 Å². The fourth-order valence-electron chi connectivity index (χ4n) is 2.73. The maximum absolute atomic E-state index is 12.1. The van der Waals surface area contributed by atoms with Gasteiger partial charge in [0.05, 0.1) is 0 Å². The predicted molar refractivity (Wildman–Crippen MR) is 106 cm³/mol. The van der Waals surface area contributed by atoms with Gasteiger partial charge in [-0.05, 0) is 19.8 Å². The summed E-state index contributed by atoms with van der Waals surface area (Å²) < 4.78 is 0. The van der Waals surface area contributed by atoms with Gasteiger partial charge in [0.2, 0.25) is 11.8 Å². The van der Waals surface area contributed by atoms with Crippen LogP contribution in [-0.2, 0) is 9.59 Å². The van der Waals surface area contributed by atoms with Gasteiger partial charge >= 0.3 is 0 Å². The SMILES string of the molecule is C=CCN(CC)C(=O)CCCCCCCCC(=O)N(CC=C)CC=C. The Morgan fingerprint density at radius 1 is 0.680 bits per heavy atom. The number of unbranched alkanes of at least 4 members (excludes halogenated alkanes) is 5. The van der Waals surface area contributed by atoms with Crippen molar-refractivity contribution in [1.29, 1.82) is 0 Å². The highest BCUT2D eigenvalue weighted by Gasteiger charge is 2.10. The van der Waals surface area contributed by atoms with Crippen molar-refractivity contribution in [2.75, 3.05) is 26.2 Å². The average Bonchev–Trinajstić information content (AvgIpc) is 2.61. The first-order valence-electron chi connectivity index (χ1n) is 9.48. The van der Waals surface area contributed by atoms with E-state index in [9.17, 15) is 9.59 Å². The lowest BCUT2D eigenvalue weighted by Crippen LogP contribution is -2.31. The maximum atomic E-state index is 12.1. The molecule has 0 unspecified atom stereocenters. The summed E-state index contributed by atoms with van der Waals surface area (Å²) in [6.45, 7) is 15.6. The van der Waals surface area contributed by atoms with E-state index in [1.807, 2.05) is 11.8 Å². The molecule has 0 heterocycles. The Balaban J connectivity index is 3.71. The predicted octanol–water partition coefficient (Wildman–Crippen LogP) is 4.34. The standard InChI is InChI=1S/C21H36N2O2/c1-5-17-22(8-4)20(24)15-13-11-9-10-12-14-16-21(25)23(18-6-2)19-7-3/h5-7H,1-3,8-19H2,4H3. The van der Waals surface area contributed by atoms with Gasteiger partial charge in [-0.3, -0.25) is 9.59 Å². The van der Waals surface area contributed by atoms with E-state index in [1.165, 1.54) is 0 Å². The third kappa shape index (κ3) is 11.4. The molecule has 0 aliphatic carbocycles. The highest BCUT2D eigenvalue weighted by Crippen LogP contribution is 2.11. The first-order valence-corrected chi connectivity index (χ1v) is 9.48. The zero-order valence-electron chi connectivity index (χ0n) is 16.0. The highest BCUT2D eigenvalue weighted by atomic mass is 16.2. The molecule has 0 aliphatic rings. The van der Waals surface area contributed by atoms with E-state index in [-0.39, 0.29) is 11.8 Å². The van der Waals surface area contributed by atoms with Crippen LogP contribution in [0.1, 0.15) is 58.3 Å². The van der Waals surface area contributed by atoms with Crippen molar-refractivity contribution >= 4 is 11.8 Å². The number of hydrogen-bond donors (Lipinski definition) is 0. The van der Waals surface area contributed by atoms with Crippen LogP contribution in [0.2, 0.25) is 0 Å². The zero-order chi connectivity index (χ0) is 18.9. The van der Waals surface area contributed by atoms with Crippen LogP contribution in [-0.4, -0.2) is 47.8 Å². The molecule has 0 aromatic rings. The Kier molecular flexibility index (Phi) is 14.5. The quantitative estimate of drug-likeness (QED) is 0.307. The number of likely N-dealkylation sites (N-methyl/N-ethyl adjacent to an activating group) is 1. The van der Waals surface area contributed by atoms with E-state index in [0.717, 1.165) is 45.1 Å². The van der Waals surface area contributed by atoms with Crippen LogP contribution in [0.25, 0.3) is 0 Å². The summed E-state index contributed by atoms with van der Waals surface area (Å²) in [6.07, 6.45) is 12.7. The zero-order valence-corrected chi connectivity index (χ0v) is 16.0. The Labute approximate surface area is 154 Å². The van der Waals surface area contributed by atoms with Gasteiger partial charge in [0.1, 0.15) is 0 Å². The number of nitrogens with zero attached hydrogens (tertiary/aromatic N) is 2. The van der Waals surface area contributed by atoms with Crippen LogP contribution >= 0.6 is 0 Å². The smallest absolute Gasteiger partial charge is 0.223 e. The second-order valence-electron chi connectivity index (χ2n) is 6.22. The Hall–Kier alpha value is -1.84. The lowest BCUT2D eigenvalue weighted by molar-refractivity contribution is -0.131. The molecule has 0 N–H and O–H groups in total. The third-order valence-corrected chi connectivity index (χ3v) is 4.17. The number of hydrogen-bond acceptors (Lipinski definition) is 2. The van der Waals surface area contributed by atoms with Crippen LogP contribution < -0.4 is 0 Å². The van der Waals surface area contributed by atoms with E-state index in [2.05, 4.69) is 19.7 Å². The molecule has 0 spiro atoms. The van der Waals surface area contributed by atoms with Crippen molar-refractivity contribution in [3.05, 3.63) is 38.0 Å². The average molecular weight is 349 g/mol. The monoisotopic (exact) mass is 348 g/mol. The molecule has 4 nitrogen and oxygen atoms in total. The summed E-state index contributed by atoms with van der Waals surface area (Å²) >= 11 is 0. The first-order chi connectivity index (χ1) is 12.1. The molecule has 0 saturated carbocycles. The van der Waals surface area contributed by atoms with Crippen molar-refractivity contribution in [3.63, 3.8) is 0 Å². The Bertz CT molecular complexity index is 408. The molecule has 142 valence electrons. The first kappa shape index (κ1) is 23.2.